The number of aliphatic hydroxyl groups is 1. The van der Waals surface area contributed by atoms with E-state index in [2.05, 4.69) is 6.92 Å². The van der Waals surface area contributed by atoms with Crippen LogP contribution in [0.25, 0.3) is 0 Å². The number of nitrogens with zero attached hydrogens (tertiary/aromatic N) is 2. The molecule has 1 aliphatic rings. The minimum atomic E-state index is -0.376. The number of carbonyl (C=O) groups excluding carboxylic acids is 1. The Morgan fingerprint density at radius 1 is 1.50 bits per heavy atom. The van der Waals surface area contributed by atoms with E-state index in [1.54, 1.807) is 6.92 Å². The first kappa shape index (κ1) is 13.5. The van der Waals surface area contributed by atoms with E-state index in [4.69, 9.17) is 0 Å². The van der Waals surface area contributed by atoms with Crippen LogP contribution >= 0.6 is 0 Å². The third kappa shape index (κ3) is 4.49. The summed E-state index contributed by atoms with van der Waals surface area (Å²) in [6, 6.07) is 0. The number of hydrogen-bond acceptors (Lipinski definition) is 3. The monoisotopic (exact) mass is 228 g/mol. The fourth-order valence-corrected chi connectivity index (χ4v) is 2.10. The molecule has 1 fully saturated rings. The lowest BCUT2D eigenvalue weighted by molar-refractivity contribution is -0.133. The number of amides is 1. The van der Waals surface area contributed by atoms with Gasteiger partial charge in [-0.05, 0) is 32.7 Å². The molecule has 0 spiro atoms. The largest absolute Gasteiger partial charge is 0.392 e. The predicted octanol–water partition coefficient (Wildman–Crippen LogP) is 0.557. The van der Waals surface area contributed by atoms with E-state index >= 15 is 0 Å². The fourth-order valence-electron chi connectivity index (χ4n) is 2.10. The van der Waals surface area contributed by atoms with Gasteiger partial charge in [0.15, 0.2) is 0 Å². The highest BCUT2D eigenvalue weighted by Crippen LogP contribution is 2.15. The molecule has 4 nitrogen and oxygen atoms in total. The van der Waals surface area contributed by atoms with Gasteiger partial charge < -0.3 is 10.0 Å². The molecular weight excluding hydrogens is 204 g/mol. The zero-order valence-electron chi connectivity index (χ0n) is 10.6. The molecule has 0 aromatic heterocycles. The third-order valence-corrected chi connectivity index (χ3v) is 3.12. The quantitative estimate of drug-likeness (QED) is 0.764. The topological polar surface area (TPSA) is 43.8 Å². The van der Waals surface area contributed by atoms with E-state index in [1.165, 1.54) is 0 Å². The minimum absolute atomic E-state index is 0.190. The van der Waals surface area contributed by atoms with E-state index in [0.29, 0.717) is 13.1 Å². The Balaban J connectivity index is 2.29. The molecule has 1 amide bonds. The van der Waals surface area contributed by atoms with Crippen molar-refractivity contribution in [2.24, 2.45) is 5.92 Å². The molecule has 4 heteroatoms. The normalized spacial score (nSPS) is 20.2. The van der Waals surface area contributed by atoms with Crippen molar-refractivity contribution >= 4 is 5.91 Å². The summed E-state index contributed by atoms with van der Waals surface area (Å²) in [5, 5.41) is 9.21. The summed E-state index contributed by atoms with van der Waals surface area (Å²) in [7, 11) is 1.87. The van der Waals surface area contributed by atoms with Gasteiger partial charge in [-0.15, -0.1) is 0 Å². The van der Waals surface area contributed by atoms with Crippen LogP contribution in [-0.4, -0.2) is 60.1 Å². The average molecular weight is 228 g/mol. The second-order valence-corrected chi connectivity index (χ2v) is 5.11. The van der Waals surface area contributed by atoms with E-state index in [1.807, 2.05) is 16.8 Å². The van der Waals surface area contributed by atoms with Crippen molar-refractivity contribution in [1.29, 1.82) is 0 Å². The van der Waals surface area contributed by atoms with Crippen molar-refractivity contribution in [3.05, 3.63) is 0 Å². The van der Waals surface area contributed by atoms with Crippen LogP contribution in [0.5, 0.6) is 0 Å². The second-order valence-electron chi connectivity index (χ2n) is 5.11. The number of aliphatic hydroxyl groups excluding tert-OH is 1. The highest BCUT2D eigenvalue weighted by atomic mass is 16.3. The lowest BCUT2D eigenvalue weighted by Gasteiger charge is -2.31. The molecule has 0 saturated carbocycles. The van der Waals surface area contributed by atoms with Gasteiger partial charge in [0.25, 0.3) is 0 Å². The zero-order chi connectivity index (χ0) is 12.1. The van der Waals surface area contributed by atoms with Crippen molar-refractivity contribution in [2.75, 3.05) is 33.2 Å². The first-order chi connectivity index (χ1) is 7.49. The molecule has 1 aliphatic heterocycles. The SMILES string of the molecule is CC(O)CN(C)CC(=O)N1CCC(C)CC1. The van der Waals surface area contributed by atoms with Crippen molar-refractivity contribution in [3.63, 3.8) is 0 Å². The molecule has 0 aromatic carbocycles. The van der Waals surface area contributed by atoms with Crippen LogP contribution < -0.4 is 0 Å². The van der Waals surface area contributed by atoms with Gasteiger partial charge in [-0.1, -0.05) is 6.92 Å². The highest BCUT2D eigenvalue weighted by molar-refractivity contribution is 5.78. The summed E-state index contributed by atoms with van der Waals surface area (Å²) < 4.78 is 0. The molecule has 1 unspecified atom stereocenters. The molecule has 0 aromatic rings. The van der Waals surface area contributed by atoms with Crippen molar-refractivity contribution in [2.45, 2.75) is 32.8 Å². The summed E-state index contributed by atoms with van der Waals surface area (Å²) >= 11 is 0. The molecule has 1 atom stereocenters. The van der Waals surface area contributed by atoms with Gasteiger partial charge in [0, 0.05) is 19.6 Å². The number of piperidine rings is 1. The van der Waals surface area contributed by atoms with Gasteiger partial charge in [0.05, 0.1) is 12.6 Å². The van der Waals surface area contributed by atoms with Gasteiger partial charge in [0.2, 0.25) is 5.91 Å². The summed E-state index contributed by atoms with van der Waals surface area (Å²) in [5.41, 5.74) is 0. The first-order valence-electron chi connectivity index (χ1n) is 6.13. The van der Waals surface area contributed by atoms with Gasteiger partial charge in [-0.2, -0.15) is 0 Å². The second kappa shape index (κ2) is 6.21. The molecule has 1 saturated heterocycles. The minimum Gasteiger partial charge on any atom is -0.392 e. The highest BCUT2D eigenvalue weighted by Gasteiger charge is 2.21. The number of likely N-dealkylation sites (N-methyl/N-ethyl adjacent to an activating group) is 1. The Morgan fingerprint density at radius 3 is 2.56 bits per heavy atom. The Labute approximate surface area is 98.2 Å². The van der Waals surface area contributed by atoms with Gasteiger partial charge in [-0.3, -0.25) is 9.69 Å². The van der Waals surface area contributed by atoms with E-state index in [-0.39, 0.29) is 12.0 Å². The number of rotatable bonds is 4. The smallest absolute Gasteiger partial charge is 0.236 e. The molecule has 1 heterocycles. The van der Waals surface area contributed by atoms with Gasteiger partial charge in [0.1, 0.15) is 0 Å². The summed E-state index contributed by atoms with van der Waals surface area (Å²) in [5.74, 6) is 0.939. The first-order valence-corrected chi connectivity index (χ1v) is 6.13. The molecule has 1 N–H and O–H groups in total. The van der Waals surface area contributed by atoms with Gasteiger partial charge in [-0.25, -0.2) is 0 Å². The van der Waals surface area contributed by atoms with Crippen molar-refractivity contribution in [3.8, 4) is 0 Å². The number of hydrogen-bond donors (Lipinski definition) is 1. The molecular formula is C12H24N2O2. The van der Waals surface area contributed by atoms with Crippen LogP contribution in [0.3, 0.4) is 0 Å². The Hall–Kier alpha value is -0.610. The molecule has 94 valence electrons. The van der Waals surface area contributed by atoms with Crippen LogP contribution in [0.2, 0.25) is 0 Å². The maximum atomic E-state index is 11.9. The molecule has 0 aliphatic carbocycles. The lowest BCUT2D eigenvalue weighted by Crippen LogP contribution is -2.44. The molecule has 0 bridgehead atoms. The average Bonchev–Trinajstić information content (AvgIpc) is 2.16. The van der Waals surface area contributed by atoms with Crippen LogP contribution in [0.15, 0.2) is 0 Å². The standard InChI is InChI=1S/C12H24N2O2/c1-10-4-6-14(7-5-10)12(16)9-13(3)8-11(2)15/h10-11,15H,4-9H2,1-3H3. The fraction of sp³-hybridized carbons (Fsp3) is 0.917. The maximum absolute atomic E-state index is 11.9. The summed E-state index contributed by atoms with van der Waals surface area (Å²) in [6.45, 7) is 6.73. The van der Waals surface area contributed by atoms with E-state index in [0.717, 1.165) is 31.8 Å². The molecule has 1 rings (SSSR count). The van der Waals surface area contributed by atoms with Crippen LogP contribution in [0, 0.1) is 5.92 Å². The predicted molar refractivity (Wildman–Crippen MR) is 64.2 cm³/mol. The lowest BCUT2D eigenvalue weighted by atomic mass is 9.99. The third-order valence-electron chi connectivity index (χ3n) is 3.12. The van der Waals surface area contributed by atoms with Crippen molar-refractivity contribution in [1.82, 2.24) is 9.80 Å². The number of likely N-dealkylation sites (tertiary alicyclic amines) is 1. The van der Waals surface area contributed by atoms with Crippen LogP contribution in [-0.2, 0) is 4.79 Å². The van der Waals surface area contributed by atoms with Crippen molar-refractivity contribution < 1.29 is 9.90 Å². The van der Waals surface area contributed by atoms with Gasteiger partial charge >= 0.3 is 0 Å². The van der Waals surface area contributed by atoms with E-state index < -0.39 is 0 Å². The Bertz CT molecular complexity index is 223. The zero-order valence-corrected chi connectivity index (χ0v) is 10.6. The van der Waals surface area contributed by atoms with Crippen LogP contribution in [0.4, 0.5) is 0 Å². The van der Waals surface area contributed by atoms with Crippen LogP contribution in [0.1, 0.15) is 26.7 Å². The Kier molecular flexibility index (Phi) is 5.22. The molecule has 16 heavy (non-hydrogen) atoms. The number of carbonyl (C=O) groups is 1. The van der Waals surface area contributed by atoms with E-state index in [9.17, 15) is 9.90 Å². The Morgan fingerprint density at radius 2 is 2.06 bits per heavy atom. The summed E-state index contributed by atoms with van der Waals surface area (Å²) in [6.07, 6.45) is 1.86. The summed E-state index contributed by atoms with van der Waals surface area (Å²) in [4.78, 5) is 15.7. The maximum Gasteiger partial charge on any atom is 0.236 e. The molecule has 0 radical (unpaired) electrons.